The first-order chi connectivity index (χ1) is 5.81. The molecule has 0 aliphatic heterocycles. The molecule has 62 valence electrons. The molecule has 1 aromatic carbocycles. The summed E-state index contributed by atoms with van der Waals surface area (Å²) in [5.41, 5.74) is 8.35. The van der Waals surface area contributed by atoms with Crippen molar-refractivity contribution in [2.75, 3.05) is 6.54 Å². The van der Waals surface area contributed by atoms with Gasteiger partial charge in [0, 0.05) is 12.1 Å². The lowest BCUT2D eigenvalue weighted by Crippen LogP contribution is -2.01. The molecule has 1 aromatic rings. The summed E-state index contributed by atoms with van der Waals surface area (Å²) in [7, 11) is 0. The Labute approximate surface area is 70.7 Å². The fourth-order valence-corrected chi connectivity index (χ4v) is 1.53. The minimum Gasteiger partial charge on any atom is -0.327 e. The first kappa shape index (κ1) is 7.50. The van der Waals surface area contributed by atoms with E-state index in [4.69, 9.17) is 5.73 Å². The van der Waals surface area contributed by atoms with Gasteiger partial charge in [0.2, 0.25) is 0 Å². The maximum atomic E-state index is 13.1. The van der Waals surface area contributed by atoms with Crippen molar-refractivity contribution in [2.45, 2.75) is 6.42 Å². The van der Waals surface area contributed by atoms with Crippen LogP contribution in [0.15, 0.2) is 23.8 Å². The molecule has 0 amide bonds. The third-order valence-electron chi connectivity index (χ3n) is 2.17. The van der Waals surface area contributed by atoms with E-state index in [1.165, 1.54) is 6.07 Å². The number of rotatable bonds is 1. The van der Waals surface area contributed by atoms with Gasteiger partial charge in [0.1, 0.15) is 5.82 Å². The molecule has 1 aliphatic rings. The number of hydrogen-bond acceptors (Lipinski definition) is 1. The van der Waals surface area contributed by atoms with E-state index >= 15 is 0 Å². The van der Waals surface area contributed by atoms with E-state index in [1.54, 1.807) is 6.07 Å². The largest absolute Gasteiger partial charge is 0.327 e. The molecule has 2 N–H and O–H groups in total. The number of benzene rings is 1. The van der Waals surface area contributed by atoms with Gasteiger partial charge in [-0.15, -0.1) is 0 Å². The maximum absolute atomic E-state index is 13.1. The second kappa shape index (κ2) is 2.72. The molecule has 12 heavy (non-hydrogen) atoms. The second-order valence-corrected chi connectivity index (χ2v) is 3.00. The van der Waals surface area contributed by atoms with Crippen LogP contribution in [0.2, 0.25) is 0 Å². The van der Waals surface area contributed by atoms with Gasteiger partial charge in [0.05, 0.1) is 0 Å². The zero-order valence-electron chi connectivity index (χ0n) is 6.68. The summed E-state index contributed by atoms with van der Waals surface area (Å²) < 4.78 is 13.1. The Hall–Kier alpha value is -1.15. The summed E-state index contributed by atoms with van der Waals surface area (Å²) in [4.78, 5) is 0. The van der Waals surface area contributed by atoms with Gasteiger partial charge in [-0.25, -0.2) is 4.39 Å². The van der Waals surface area contributed by atoms with E-state index in [2.05, 4.69) is 0 Å². The Bertz CT molecular complexity index is 342. The van der Waals surface area contributed by atoms with Crippen LogP contribution in [-0.4, -0.2) is 6.54 Å². The lowest BCUT2D eigenvalue weighted by molar-refractivity contribution is 0.624. The zero-order chi connectivity index (χ0) is 8.55. The summed E-state index contributed by atoms with van der Waals surface area (Å²) >= 11 is 0. The first-order valence-corrected chi connectivity index (χ1v) is 3.98. The Morgan fingerprint density at radius 2 is 2.25 bits per heavy atom. The highest BCUT2D eigenvalue weighted by Crippen LogP contribution is 2.26. The molecule has 0 radical (unpaired) electrons. The Kier molecular flexibility index (Phi) is 1.70. The van der Waals surface area contributed by atoms with Crippen molar-refractivity contribution in [3.63, 3.8) is 0 Å². The third kappa shape index (κ3) is 1.04. The highest BCUT2D eigenvalue weighted by molar-refractivity contribution is 5.64. The van der Waals surface area contributed by atoms with Crippen molar-refractivity contribution in [3.05, 3.63) is 40.7 Å². The van der Waals surface area contributed by atoms with Gasteiger partial charge in [0.25, 0.3) is 0 Å². The van der Waals surface area contributed by atoms with Crippen LogP contribution in [0.3, 0.4) is 0 Å². The summed E-state index contributed by atoms with van der Waals surface area (Å²) in [6.45, 7) is 0.522. The maximum Gasteiger partial charge on any atom is 0.130 e. The van der Waals surface area contributed by atoms with E-state index in [0.29, 0.717) is 6.54 Å². The monoisotopic (exact) mass is 163 g/mol. The van der Waals surface area contributed by atoms with Crippen LogP contribution in [-0.2, 0) is 6.42 Å². The lowest BCUT2D eigenvalue weighted by Gasteiger charge is -1.97. The van der Waals surface area contributed by atoms with Crippen molar-refractivity contribution in [1.82, 2.24) is 0 Å². The standard InChI is InChI=1S/C10H10FN/c11-10-3-1-2-8-4-7(6-12)5-9(8)10/h1-3,5H,4,6,12H2. The Balaban J connectivity index is 2.48. The van der Waals surface area contributed by atoms with Gasteiger partial charge in [-0.3, -0.25) is 0 Å². The quantitative estimate of drug-likeness (QED) is 0.670. The van der Waals surface area contributed by atoms with Crippen LogP contribution < -0.4 is 5.73 Å². The molecule has 0 fully saturated rings. The van der Waals surface area contributed by atoms with Crippen LogP contribution in [0.25, 0.3) is 6.08 Å². The van der Waals surface area contributed by atoms with Gasteiger partial charge < -0.3 is 5.73 Å². The van der Waals surface area contributed by atoms with Crippen LogP contribution in [0.4, 0.5) is 4.39 Å². The molecule has 0 unspecified atom stereocenters. The highest BCUT2D eigenvalue weighted by atomic mass is 19.1. The zero-order valence-corrected chi connectivity index (χ0v) is 6.68. The number of nitrogens with two attached hydrogens (primary N) is 1. The van der Waals surface area contributed by atoms with Gasteiger partial charge in [0.15, 0.2) is 0 Å². The fourth-order valence-electron chi connectivity index (χ4n) is 1.53. The molecule has 0 atom stereocenters. The molecule has 2 heteroatoms. The molecule has 0 spiro atoms. The van der Waals surface area contributed by atoms with Crippen LogP contribution in [0, 0.1) is 5.82 Å². The highest BCUT2D eigenvalue weighted by Gasteiger charge is 2.13. The second-order valence-electron chi connectivity index (χ2n) is 3.00. The topological polar surface area (TPSA) is 26.0 Å². The molecule has 0 bridgehead atoms. The van der Waals surface area contributed by atoms with E-state index in [1.807, 2.05) is 12.1 Å². The summed E-state index contributed by atoms with van der Waals surface area (Å²) in [6, 6.07) is 5.16. The van der Waals surface area contributed by atoms with Crippen LogP contribution >= 0.6 is 0 Å². The predicted molar refractivity (Wildman–Crippen MR) is 47.1 cm³/mol. The van der Waals surface area contributed by atoms with E-state index in [0.717, 1.165) is 23.1 Å². The van der Waals surface area contributed by atoms with Crippen molar-refractivity contribution in [3.8, 4) is 0 Å². The SMILES string of the molecule is NCC1=Cc2c(F)cccc2C1. The van der Waals surface area contributed by atoms with Crippen molar-refractivity contribution in [1.29, 1.82) is 0 Å². The van der Waals surface area contributed by atoms with Crippen LogP contribution in [0.5, 0.6) is 0 Å². The van der Waals surface area contributed by atoms with Gasteiger partial charge >= 0.3 is 0 Å². The van der Waals surface area contributed by atoms with E-state index in [9.17, 15) is 4.39 Å². The molecule has 0 heterocycles. The van der Waals surface area contributed by atoms with Crippen molar-refractivity contribution in [2.24, 2.45) is 5.73 Å². The Morgan fingerprint density at radius 3 is 2.92 bits per heavy atom. The van der Waals surface area contributed by atoms with Crippen molar-refractivity contribution >= 4 is 6.08 Å². The molecule has 1 aliphatic carbocycles. The number of halogens is 1. The molecular formula is C10H10FN. The van der Waals surface area contributed by atoms with Gasteiger partial charge in [-0.1, -0.05) is 23.8 Å². The molecule has 1 nitrogen and oxygen atoms in total. The smallest absolute Gasteiger partial charge is 0.130 e. The van der Waals surface area contributed by atoms with E-state index < -0.39 is 0 Å². The lowest BCUT2D eigenvalue weighted by atomic mass is 10.1. The molecule has 0 aromatic heterocycles. The minimum absolute atomic E-state index is 0.143. The summed E-state index contributed by atoms with van der Waals surface area (Å²) in [6.07, 6.45) is 2.66. The third-order valence-corrected chi connectivity index (χ3v) is 2.17. The predicted octanol–water partition coefficient (Wildman–Crippen LogP) is 1.72. The molecule has 2 rings (SSSR count). The summed E-state index contributed by atoms with van der Waals surface area (Å²) in [5, 5.41) is 0. The minimum atomic E-state index is -0.143. The van der Waals surface area contributed by atoms with Gasteiger partial charge in [-0.2, -0.15) is 0 Å². The Morgan fingerprint density at radius 1 is 1.42 bits per heavy atom. The summed E-state index contributed by atoms with van der Waals surface area (Å²) in [5.74, 6) is -0.143. The molecule has 0 saturated heterocycles. The average molecular weight is 163 g/mol. The average Bonchev–Trinajstić information content (AvgIpc) is 2.49. The fraction of sp³-hybridized carbons (Fsp3) is 0.200. The molecule has 0 saturated carbocycles. The number of fused-ring (bicyclic) bond motifs is 1. The van der Waals surface area contributed by atoms with Crippen LogP contribution in [0.1, 0.15) is 11.1 Å². The van der Waals surface area contributed by atoms with Gasteiger partial charge in [-0.05, 0) is 18.1 Å². The number of hydrogen-bond donors (Lipinski definition) is 1. The molecular weight excluding hydrogens is 153 g/mol. The van der Waals surface area contributed by atoms with Crippen molar-refractivity contribution < 1.29 is 4.39 Å². The normalized spacial score (nSPS) is 14.3. The van der Waals surface area contributed by atoms with E-state index in [-0.39, 0.29) is 5.82 Å². The first-order valence-electron chi connectivity index (χ1n) is 3.98.